The molecule has 2 rings (SSSR count). The second-order valence-corrected chi connectivity index (χ2v) is 5.08. The largest absolute Gasteiger partial charge is 0.368 e. The van der Waals surface area contributed by atoms with E-state index in [-0.39, 0.29) is 0 Å². The van der Waals surface area contributed by atoms with Crippen LogP contribution in [0.3, 0.4) is 0 Å². The van der Waals surface area contributed by atoms with E-state index in [2.05, 4.69) is 9.97 Å². The molecule has 2 aromatic rings. The van der Waals surface area contributed by atoms with E-state index >= 15 is 0 Å². The Hall–Kier alpha value is -1.59. The first-order valence-electron chi connectivity index (χ1n) is 5.15. The first kappa shape index (κ1) is 12.9. The number of benzene rings is 1. The predicted octanol–water partition coefficient (Wildman–Crippen LogP) is 2.45. The molecule has 1 heterocycles. The molecule has 6 heteroatoms. The zero-order chi connectivity index (χ0) is 13.0. The summed E-state index contributed by atoms with van der Waals surface area (Å²) in [7, 11) is 0. The van der Waals surface area contributed by atoms with Crippen molar-refractivity contribution >= 4 is 29.3 Å². The van der Waals surface area contributed by atoms with Gasteiger partial charge in [0, 0.05) is 22.3 Å². The van der Waals surface area contributed by atoms with E-state index in [4.69, 9.17) is 17.3 Å². The minimum atomic E-state index is -0.604. The highest BCUT2D eigenvalue weighted by Gasteiger charge is 2.21. The van der Waals surface area contributed by atoms with Crippen LogP contribution >= 0.6 is 23.4 Å². The molecule has 0 aliphatic carbocycles. The maximum Gasteiger partial charge on any atom is 0.238 e. The lowest BCUT2D eigenvalue weighted by Gasteiger charge is -2.11. The molecule has 0 radical (unpaired) electrons. The maximum atomic E-state index is 11.5. The third kappa shape index (κ3) is 3.21. The lowest BCUT2D eigenvalue weighted by Crippen LogP contribution is -2.20. The Morgan fingerprint density at radius 2 is 1.83 bits per heavy atom. The molecule has 1 unspecified atom stereocenters. The summed E-state index contributed by atoms with van der Waals surface area (Å²) in [6.07, 6.45) is 3.17. The van der Waals surface area contributed by atoms with Crippen LogP contribution in [0.1, 0.15) is 11.1 Å². The van der Waals surface area contributed by atoms with E-state index in [1.807, 2.05) is 12.1 Å². The number of halogens is 1. The van der Waals surface area contributed by atoms with Crippen LogP contribution in [0.5, 0.6) is 0 Å². The van der Waals surface area contributed by atoms with Gasteiger partial charge in [0.25, 0.3) is 0 Å². The number of nitrogens with zero attached hydrogens (tertiary/aromatic N) is 2. The summed E-state index contributed by atoms with van der Waals surface area (Å²) in [6, 6.07) is 8.86. The summed E-state index contributed by atoms with van der Waals surface area (Å²) < 4.78 is 0. The maximum absolute atomic E-state index is 11.5. The summed E-state index contributed by atoms with van der Waals surface area (Å²) in [6.45, 7) is 0. The van der Waals surface area contributed by atoms with Crippen molar-refractivity contribution in [3.05, 3.63) is 53.6 Å². The molecule has 0 saturated heterocycles. The summed E-state index contributed by atoms with van der Waals surface area (Å²) in [5.74, 6) is -0.0638. The average Bonchev–Trinajstić information content (AvgIpc) is 2.38. The zero-order valence-electron chi connectivity index (χ0n) is 9.29. The van der Waals surface area contributed by atoms with E-state index < -0.39 is 11.2 Å². The van der Waals surface area contributed by atoms with E-state index in [0.29, 0.717) is 10.8 Å². The fourth-order valence-electron chi connectivity index (χ4n) is 1.33. The Morgan fingerprint density at radius 3 is 2.39 bits per heavy atom. The van der Waals surface area contributed by atoms with Crippen LogP contribution in [0.15, 0.2) is 47.6 Å². The van der Waals surface area contributed by atoms with Gasteiger partial charge in [-0.3, -0.25) is 4.79 Å². The number of nitrogens with two attached hydrogens (primary N) is 1. The van der Waals surface area contributed by atoms with Crippen molar-refractivity contribution in [2.24, 2.45) is 5.73 Å². The van der Waals surface area contributed by atoms with E-state index in [0.717, 1.165) is 4.90 Å². The lowest BCUT2D eigenvalue weighted by atomic mass is 10.3. The minimum Gasteiger partial charge on any atom is -0.368 e. The number of carbonyl (C=O) groups excluding carboxylic acids is 1. The monoisotopic (exact) mass is 279 g/mol. The number of carbonyl (C=O) groups is 1. The summed E-state index contributed by atoms with van der Waals surface area (Å²) in [5.41, 5.74) is 5.38. The second kappa shape index (κ2) is 5.84. The fourth-order valence-corrected chi connectivity index (χ4v) is 2.37. The predicted molar refractivity (Wildman–Crippen MR) is 71.3 cm³/mol. The minimum absolute atomic E-state index is 0.407. The van der Waals surface area contributed by atoms with Crippen LogP contribution in [0.2, 0.25) is 5.02 Å². The van der Waals surface area contributed by atoms with Crippen molar-refractivity contribution in [3.63, 3.8) is 0 Å². The third-order valence-corrected chi connectivity index (χ3v) is 3.62. The molecule has 1 aromatic heterocycles. The molecule has 1 aromatic carbocycles. The van der Waals surface area contributed by atoms with Crippen molar-refractivity contribution < 1.29 is 4.79 Å². The van der Waals surface area contributed by atoms with E-state index in [1.54, 1.807) is 30.6 Å². The van der Waals surface area contributed by atoms with Gasteiger partial charge in [-0.2, -0.15) is 0 Å². The van der Waals surface area contributed by atoms with Crippen molar-refractivity contribution in [2.75, 3.05) is 0 Å². The van der Waals surface area contributed by atoms with Gasteiger partial charge in [-0.15, -0.1) is 11.8 Å². The van der Waals surface area contributed by atoms with Crippen LogP contribution in [-0.4, -0.2) is 15.9 Å². The molecule has 2 N–H and O–H groups in total. The first-order chi connectivity index (χ1) is 8.66. The normalized spacial score (nSPS) is 12.1. The number of hydrogen-bond acceptors (Lipinski definition) is 4. The lowest BCUT2D eigenvalue weighted by molar-refractivity contribution is -0.117. The number of rotatable bonds is 4. The Labute approximate surface area is 114 Å². The summed E-state index contributed by atoms with van der Waals surface area (Å²) >= 11 is 7.10. The SMILES string of the molecule is NC(=O)C(Sc1ccc(Cl)cc1)c1ncccn1. The Balaban J connectivity index is 2.22. The van der Waals surface area contributed by atoms with Crippen LogP contribution in [0.25, 0.3) is 0 Å². The van der Waals surface area contributed by atoms with E-state index in [1.165, 1.54) is 11.8 Å². The highest BCUT2D eigenvalue weighted by atomic mass is 35.5. The van der Waals surface area contributed by atoms with Gasteiger partial charge in [0.15, 0.2) is 5.82 Å². The standard InChI is InChI=1S/C12H10ClN3OS/c13-8-2-4-9(5-3-8)18-10(11(14)17)12-15-6-1-7-16-12/h1-7,10H,(H2,14,17). The molecule has 0 saturated carbocycles. The van der Waals surface area contributed by atoms with Crippen LogP contribution in [0, 0.1) is 0 Å². The van der Waals surface area contributed by atoms with Gasteiger partial charge in [-0.1, -0.05) is 11.6 Å². The molecular formula is C12H10ClN3OS. The molecule has 18 heavy (non-hydrogen) atoms. The van der Waals surface area contributed by atoms with Gasteiger partial charge in [0.05, 0.1) is 0 Å². The number of aromatic nitrogens is 2. The molecule has 0 aliphatic heterocycles. The van der Waals surface area contributed by atoms with Crippen molar-refractivity contribution in [1.82, 2.24) is 9.97 Å². The highest BCUT2D eigenvalue weighted by molar-refractivity contribution is 8.00. The van der Waals surface area contributed by atoms with Crippen molar-refractivity contribution in [2.45, 2.75) is 10.1 Å². The third-order valence-electron chi connectivity index (χ3n) is 2.15. The van der Waals surface area contributed by atoms with Crippen molar-refractivity contribution in [1.29, 1.82) is 0 Å². The molecule has 0 spiro atoms. The molecular weight excluding hydrogens is 270 g/mol. The van der Waals surface area contributed by atoms with Crippen LogP contribution in [0.4, 0.5) is 0 Å². The average molecular weight is 280 g/mol. The van der Waals surface area contributed by atoms with Crippen molar-refractivity contribution in [3.8, 4) is 0 Å². The molecule has 1 amide bonds. The molecule has 92 valence electrons. The topological polar surface area (TPSA) is 68.9 Å². The first-order valence-corrected chi connectivity index (χ1v) is 6.41. The second-order valence-electron chi connectivity index (χ2n) is 3.46. The number of amides is 1. The van der Waals surface area contributed by atoms with Crippen LogP contribution < -0.4 is 5.73 Å². The van der Waals surface area contributed by atoms with Gasteiger partial charge >= 0.3 is 0 Å². The van der Waals surface area contributed by atoms with Gasteiger partial charge in [0.2, 0.25) is 5.91 Å². The molecule has 4 nitrogen and oxygen atoms in total. The van der Waals surface area contributed by atoms with E-state index in [9.17, 15) is 4.79 Å². The molecule has 0 fully saturated rings. The number of hydrogen-bond donors (Lipinski definition) is 1. The van der Waals surface area contributed by atoms with Gasteiger partial charge < -0.3 is 5.73 Å². The van der Waals surface area contributed by atoms with Gasteiger partial charge in [0.1, 0.15) is 5.25 Å². The number of primary amides is 1. The molecule has 1 atom stereocenters. The highest BCUT2D eigenvalue weighted by Crippen LogP contribution is 2.33. The van der Waals surface area contributed by atoms with Crippen LogP contribution in [-0.2, 0) is 4.79 Å². The molecule has 0 aliphatic rings. The fraction of sp³-hybridized carbons (Fsp3) is 0.0833. The van der Waals surface area contributed by atoms with Gasteiger partial charge in [-0.05, 0) is 30.3 Å². The Kier molecular flexibility index (Phi) is 4.17. The molecule has 0 bridgehead atoms. The quantitative estimate of drug-likeness (QED) is 0.873. The summed E-state index contributed by atoms with van der Waals surface area (Å²) in [4.78, 5) is 20.5. The smallest absolute Gasteiger partial charge is 0.238 e. The Bertz CT molecular complexity index is 533. The zero-order valence-corrected chi connectivity index (χ0v) is 10.9. The Morgan fingerprint density at radius 1 is 1.22 bits per heavy atom. The number of thioether (sulfide) groups is 1. The summed E-state index contributed by atoms with van der Waals surface area (Å²) in [5, 5.41) is 0.0401. The van der Waals surface area contributed by atoms with Gasteiger partial charge in [-0.25, -0.2) is 9.97 Å².